The number of hydrogen-bond acceptors (Lipinski definition) is 5. The molecule has 0 amide bonds. The highest BCUT2D eigenvalue weighted by atomic mass is 32.2. The molecule has 0 saturated heterocycles. The molecule has 0 bridgehead atoms. The lowest BCUT2D eigenvalue weighted by Crippen LogP contribution is -2.25. The number of carboxylic acids is 1. The van der Waals surface area contributed by atoms with Crippen molar-refractivity contribution in [1.82, 2.24) is 4.72 Å². The monoisotopic (exact) mass is 318 g/mol. The molecule has 6 nitrogen and oxygen atoms in total. The standard InChI is InChI=1S/C12H18N2O4S2/c1-19-7-3-2-6-14-20(17,18)11-5-4-9(12(15)16)8-10(11)13/h4-5,8,14H,2-3,6-7,13H2,1H3,(H,15,16). The van der Waals surface area contributed by atoms with E-state index in [4.69, 9.17) is 10.8 Å². The fourth-order valence-corrected chi connectivity index (χ4v) is 3.26. The Morgan fingerprint density at radius 3 is 2.65 bits per heavy atom. The van der Waals surface area contributed by atoms with E-state index in [2.05, 4.69) is 4.72 Å². The topological polar surface area (TPSA) is 109 Å². The Bertz CT molecular complexity index is 573. The molecule has 0 spiro atoms. The average molecular weight is 318 g/mol. The van der Waals surface area contributed by atoms with Gasteiger partial charge in [-0.1, -0.05) is 0 Å². The molecule has 0 aliphatic carbocycles. The molecule has 0 saturated carbocycles. The maximum absolute atomic E-state index is 12.0. The van der Waals surface area contributed by atoms with Crippen LogP contribution in [0.1, 0.15) is 23.2 Å². The van der Waals surface area contributed by atoms with Gasteiger partial charge in [-0.05, 0) is 43.0 Å². The zero-order valence-corrected chi connectivity index (χ0v) is 12.8. The van der Waals surface area contributed by atoms with E-state index < -0.39 is 16.0 Å². The number of nitrogen functional groups attached to an aromatic ring is 1. The predicted molar refractivity (Wildman–Crippen MR) is 80.6 cm³/mol. The molecular weight excluding hydrogens is 300 g/mol. The van der Waals surface area contributed by atoms with Crippen LogP contribution < -0.4 is 10.5 Å². The van der Waals surface area contributed by atoms with Crippen molar-refractivity contribution in [3.63, 3.8) is 0 Å². The first kappa shape index (κ1) is 16.8. The molecule has 0 fully saturated rings. The Labute approximate surface area is 122 Å². The molecule has 1 rings (SSSR count). The number of aromatic carboxylic acids is 1. The Morgan fingerprint density at radius 2 is 2.10 bits per heavy atom. The normalized spacial score (nSPS) is 11.4. The highest BCUT2D eigenvalue weighted by Gasteiger charge is 2.18. The first-order valence-corrected chi connectivity index (χ1v) is 8.87. The zero-order chi connectivity index (χ0) is 15.2. The van der Waals surface area contributed by atoms with Gasteiger partial charge in [-0.2, -0.15) is 11.8 Å². The number of nitrogens with two attached hydrogens (primary N) is 1. The maximum Gasteiger partial charge on any atom is 0.335 e. The lowest BCUT2D eigenvalue weighted by atomic mass is 10.2. The Morgan fingerprint density at radius 1 is 1.40 bits per heavy atom. The summed E-state index contributed by atoms with van der Waals surface area (Å²) < 4.78 is 26.5. The SMILES string of the molecule is CSCCCCNS(=O)(=O)c1ccc(C(=O)O)cc1N. The summed E-state index contributed by atoms with van der Waals surface area (Å²) in [5.41, 5.74) is 5.50. The molecule has 0 heterocycles. The first-order valence-electron chi connectivity index (χ1n) is 6.00. The first-order chi connectivity index (χ1) is 9.38. The van der Waals surface area contributed by atoms with Crippen LogP contribution in [0.4, 0.5) is 5.69 Å². The fraction of sp³-hybridized carbons (Fsp3) is 0.417. The summed E-state index contributed by atoms with van der Waals surface area (Å²) >= 11 is 1.71. The van der Waals surface area contributed by atoms with E-state index in [0.717, 1.165) is 24.7 Å². The number of unbranched alkanes of at least 4 members (excludes halogenated alkanes) is 1. The van der Waals surface area contributed by atoms with Crippen LogP contribution in [-0.2, 0) is 10.0 Å². The van der Waals surface area contributed by atoms with Gasteiger partial charge in [0.15, 0.2) is 0 Å². The minimum atomic E-state index is -3.70. The van der Waals surface area contributed by atoms with E-state index in [0.29, 0.717) is 6.54 Å². The third kappa shape index (κ3) is 4.69. The van der Waals surface area contributed by atoms with Crippen molar-refractivity contribution in [2.45, 2.75) is 17.7 Å². The largest absolute Gasteiger partial charge is 0.478 e. The molecule has 4 N–H and O–H groups in total. The number of sulfonamides is 1. The highest BCUT2D eigenvalue weighted by molar-refractivity contribution is 7.98. The average Bonchev–Trinajstić information content (AvgIpc) is 2.37. The van der Waals surface area contributed by atoms with Crippen LogP contribution in [0.5, 0.6) is 0 Å². The van der Waals surface area contributed by atoms with Gasteiger partial charge >= 0.3 is 5.97 Å². The van der Waals surface area contributed by atoms with Gasteiger partial charge in [0, 0.05) is 6.54 Å². The number of benzene rings is 1. The van der Waals surface area contributed by atoms with Crippen LogP contribution >= 0.6 is 11.8 Å². The van der Waals surface area contributed by atoms with Crippen molar-refractivity contribution in [3.05, 3.63) is 23.8 Å². The second-order valence-electron chi connectivity index (χ2n) is 4.16. The van der Waals surface area contributed by atoms with Gasteiger partial charge in [-0.3, -0.25) is 0 Å². The number of thioether (sulfide) groups is 1. The summed E-state index contributed by atoms with van der Waals surface area (Å²) in [5, 5.41) is 8.80. The second-order valence-corrected chi connectivity index (χ2v) is 6.88. The van der Waals surface area contributed by atoms with Crippen molar-refractivity contribution in [2.24, 2.45) is 0 Å². The Hall–Kier alpha value is -1.25. The van der Waals surface area contributed by atoms with E-state index >= 15 is 0 Å². The summed E-state index contributed by atoms with van der Waals surface area (Å²) in [6, 6.07) is 3.58. The third-order valence-corrected chi connectivity index (χ3v) is 4.85. The Kier molecular flexibility index (Phi) is 6.31. The Balaban J connectivity index is 2.75. The van der Waals surface area contributed by atoms with E-state index in [-0.39, 0.29) is 16.1 Å². The third-order valence-electron chi connectivity index (χ3n) is 2.61. The van der Waals surface area contributed by atoms with Gasteiger partial charge in [-0.25, -0.2) is 17.9 Å². The van der Waals surface area contributed by atoms with E-state index in [9.17, 15) is 13.2 Å². The van der Waals surface area contributed by atoms with Crippen LogP contribution in [0.2, 0.25) is 0 Å². The zero-order valence-electron chi connectivity index (χ0n) is 11.1. The molecule has 0 atom stereocenters. The minimum absolute atomic E-state index is 0.0404. The number of hydrogen-bond donors (Lipinski definition) is 3. The van der Waals surface area contributed by atoms with Gasteiger partial charge < -0.3 is 10.8 Å². The van der Waals surface area contributed by atoms with E-state index in [1.54, 1.807) is 11.8 Å². The molecule has 0 aliphatic rings. The lowest BCUT2D eigenvalue weighted by molar-refractivity contribution is 0.0697. The number of anilines is 1. The second kappa shape index (κ2) is 7.51. The maximum atomic E-state index is 12.0. The molecule has 20 heavy (non-hydrogen) atoms. The minimum Gasteiger partial charge on any atom is -0.478 e. The van der Waals surface area contributed by atoms with E-state index in [1.165, 1.54) is 12.1 Å². The number of rotatable bonds is 8. The lowest BCUT2D eigenvalue weighted by Gasteiger charge is -2.09. The van der Waals surface area contributed by atoms with Crippen molar-refractivity contribution in [2.75, 3.05) is 24.3 Å². The van der Waals surface area contributed by atoms with Crippen LogP contribution in [0.15, 0.2) is 23.1 Å². The van der Waals surface area contributed by atoms with Gasteiger partial charge in [0.2, 0.25) is 10.0 Å². The summed E-state index contributed by atoms with van der Waals surface area (Å²) in [4.78, 5) is 10.7. The summed E-state index contributed by atoms with van der Waals surface area (Å²) in [7, 11) is -3.70. The van der Waals surface area contributed by atoms with Crippen molar-refractivity contribution in [1.29, 1.82) is 0 Å². The van der Waals surface area contributed by atoms with Crippen LogP contribution in [0, 0.1) is 0 Å². The summed E-state index contributed by atoms with van der Waals surface area (Å²) in [5.74, 6) is -0.164. The molecule has 0 aliphatic heterocycles. The quantitative estimate of drug-likeness (QED) is 0.493. The van der Waals surface area contributed by atoms with Crippen LogP contribution in [0.25, 0.3) is 0 Å². The number of carbonyl (C=O) groups is 1. The summed E-state index contributed by atoms with van der Waals surface area (Å²) in [6.07, 6.45) is 3.67. The van der Waals surface area contributed by atoms with E-state index in [1.807, 2.05) is 6.26 Å². The molecular formula is C12H18N2O4S2. The predicted octanol–water partition coefficient (Wildman–Crippen LogP) is 1.39. The summed E-state index contributed by atoms with van der Waals surface area (Å²) in [6.45, 7) is 0.336. The fourth-order valence-electron chi connectivity index (χ4n) is 1.58. The molecule has 1 aromatic rings. The molecule has 0 radical (unpaired) electrons. The number of carboxylic acid groups (broad SMARTS) is 1. The van der Waals surface area contributed by atoms with Crippen LogP contribution in [-0.4, -0.2) is 38.0 Å². The van der Waals surface area contributed by atoms with Crippen molar-refractivity contribution < 1.29 is 18.3 Å². The molecule has 0 unspecified atom stereocenters. The van der Waals surface area contributed by atoms with Gasteiger partial charge in [-0.15, -0.1) is 0 Å². The highest BCUT2D eigenvalue weighted by Crippen LogP contribution is 2.19. The molecule has 1 aromatic carbocycles. The molecule has 112 valence electrons. The number of nitrogens with one attached hydrogen (secondary N) is 1. The van der Waals surface area contributed by atoms with Crippen LogP contribution in [0.3, 0.4) is 0 Å². The van der Waals surface area contributed by atoms with Gasteiger partial charge in [0.1, 0.15) is 4.90 Å². The van der Waals surface area contributed by atoms with Gasteiger partial charge in [0.05, 0.1) is 11.3 Å². The molecule has 0 aromatic heterocycles. The van der Waals surface area contributed by atoms with Crippen molar-refractivity contribution >= 4 is 33.4 Å². The van der Waals surface area contributed by atoms with Crippen molar-refractivity contribution in [3.8, 4) is 0 Å². The van der Waals surface area contributed by atoms with Gasteiger partial charge in [0.25, 0.3) is 0 Å². The molecule has 8 heteroatoms. The smallest absolute Gasteiger partial charge is 0.335 e.